The van der Waals surface area contributed by atoms with Crippen LogP contribution in [-0.4, -0.2) is 50.0 Å². The van der Waals surface area contributed by atoms with E-state index in [2.05, 4.69) is 5.32 Å². The SMILES string of the molecule is CC[C@@H](C)NC(=O)[C@H](C)N(Cc1ccccc1Cl)C(=O)CN(c1ccc(Cl)cc1Cl)S(C)(=O)=O. The number of anilines is 1. The maximum absolute atomic E-state index is 13.5. The van der Waals surface area contributed by atoms with Crippen molar-refractivity contribution in [3.8, 4) is 0 Å². The molecule has 0 aliphatic heterocycles. The summed E-state index contributed by atoms with van der Waals surface area (Å²) in [5.41, 5.74) is 0.729. The Bertz CT molecular complexity index is 1140. The van der Waals surface area contributed by atoms with Crippen molar-refractivity contribution in [1.29, 1.82) is 0 Å². The van der Waals surface area contributed by atoms with Crippen LogP contribution in [0.2, 0.25) is 15.1 Å². The predicted molar refractivity (Wildman–Crippen MR) is 138 cm³/mol. The number of amides is 2. The highest BCUT2D eigenvalue weighted by molar-refractivity contribution is 7.92. The van der Waals surface area contributed by atoms with Gasteiger partial charge in [-0.3, -0.25) is 13.9 Å². The predicted octanol–water partition coefficient (Wildman–Crippen LogP) is 4.74. The zero-order valence-electron chi connectivity index (χ0n) is 19.4. The molecule has 34 heavy (non-hydrogen) atoms. The fourth-order valence-electron chi connectivity index (χ4n) is 3.14. The van der Waals surface area contributed by atoms with Gasteiger partial charge in [-0.1, -0.05) is 59.9 Å². The third-order valence-corrected chi connectivity index (χ3v) is 7.36. The topological polar surface area (TPSA) is 86.8 Å². The van der Waals surface area contributed by atoms with Crippen molar-refractivity contribution in [3.63, 3.8) is 0 Å². The number of sulfonamides is 1. The van der Waals surface area contributed by atoms with Crippen molar-refractivity contribution in [1.82, 2.24) is 10.2 Å². The van der Waals surface area contributed by atoms with Gasteiger partial charge >= 0.3 is 0 Å². The number of benzene rings is 2. The Morgan fingerprint density at radius 2 is 1.68 bits per heavy atom. The summed E-state index contributed by atoms with van der Waals surface area (Å²) in [5.74, 6) is -0.951. The molecule has 186 valence electrons. The largest absolute Gasteiger partial charge is 0.352 e. The van der Waals surface area contributed by atoms with Crippen molar-refractivity contribution in [2.75, 3.05) is 17.1 Å². The van der Waals surface area contributed by atoms with Gasteiger partial charge in [0.2, 0.25) is 21.8 Å². The number of halogens is 3. The summed E-state index contributed by atoms with van der Waals surface area (Å²) in [6, 6.07) is 10.3. The first kappa shape index (κ1) is 28.2. The molecule has 0 saturated heterocycles. The molecule has 0 aliphatic rings. The Labute approximate surface area is 216 Å². The number of hydrogen-bond donors (Lipinski definition) is 1. The van der Waals surface area contributed by atoms with E-state index >= 15 is 0 Å². The van der Waals surface area contributed by atoms with Gasteiger partial charge in [-0.15, -0.1) is 0 Å². The summed E-state index contributed by atoms with van der Waals surface area (Å²) in [5, 5.41) is 3.69. The molecule has 2 aromatic carbocycles. The average molecular weight is 549 g/mol. The summed E-state index contributed by atoms with van der Waals surface area (Å²) < 4.78 is 26.1. The lowest BCUT2D eigenvalue weighted by atomic mass is 10.1. The first-order valence-corrected chi connectivity index (χ1v) is 13.6. The fraction of sp³-hybridized carbons (Fsp3) is 0.391. The van der Waals surface area contributed by atoms with Gasteiger partial charge in [-0.05, 0) is 50.1 Å². The van der Waals surface area contributed by atoms with Crippen molar-refractivity contribution < 1.29 is 18.0 Å². The highest BCUT2D eigenvalue weighted by atomic mass is 35.5. The van der Waals surface area contributed by atoms with Crippen LogP contribution < -0.4 is 9.62 Å². The molecule has 0 bridgehead atoms. The van der Waals surface area contributed by atoms with Gasteiger partial charge in [0.25, 0.3) is 0 Å². The van der Waals surface area contributed by atoms with Gasteiger partial charge in [-0.2, -0.15) is 0 Å². The lowest BCUT2D eigenvalue weighted by molar-refractivity contribution is -0.139. The minimum Gasteiger partial charge on any atom is -0.352 e. The van der Waals surface area contributed by atoms with E-state index in [1.54, 1.807) is 31.2 Å². The molecular weight excluding hydrogens is 521 g/mol. The van der Waals surface area contributed by atoms with Crippen molar-refractivity contribution in [2.45, 2.75) is 45.8 Å². The molecule has 7 nitrogen and oxygen atoms in total. The van der Waals surface area contributed by atoms with E-state index < -0.39 is 28.5 Å². The van der Waals surface area contributed by atoms with Crippen LogP contribution in [0, 0.1) is 0 Å². The minimum atomic E-state index is -3.90. The first-order chi connectivity index (χ1) is 15.8. The van der Waals surface area contributed by atoms with E-state index in [0.29, 0.717) is 22.0 Å². The maximum Gasteiger partial charge on any atom is 0.244 e. The molecule has 0 radical (unpaired) electrons. The second-order valence-electron chi connectivity index (χ2n) is 7.97. The van der Waals surface area contributed by atoms with E-state index in [0.717, 1.165) is 10.6 Å². The second-order valence-corrected chi connectivity index (χ2v) is 11.1. The van der Waals surface area contributed by atoms with Crippen LogP contribution in [0.25, 0.3) is 0 Å². The number of rotatable bonds is 10. The van der Waals surface area contributed by atoms with Crippen molar-refractivity contribution >= 4 is 62.3 Å². The molecule has 2 amide bonds. The quantitative estimate of drug-likeness (QED) is 0.464. The Balaban J connectivity index is 2.43. The lowest BCUT2D eigenvalue weighted by Crippen LogP contribution is -2.52. The monoisotopic (exact) mass is 547 g/mol. The van der Waals surface area contributed by atoms with Crippen LogP contribution in [0.3, 0.4) is 0 Å². The van der Waals surface area contributed by atoms with E-state index in [9.17, 15) is 18.0 Å². The lowest BCUT2D eigenvalue weighted by Gasteiger charge is -2.32. The second kappa shape index (κ2) is 12.1. The summed E-state index contributed by atoms with van der Waals surface area (Å²) in [7, 11) is -3.90. The summed E-state index contributed by atoms with van der Waals surface area (Å²) >= 11 is 18.5. The molecular formula is C23H28Cl3N3O4S. The van der Waals surface area contributed by atoms with Crippen LogP contribution in [0.1, 0.15) is 32.8 Å². The molecule has 0 heterocycles. The molecule has 1 N–H and O–H groups in total. The number of nitrogens with one attached hydrogen (secondary N) is 1. The Morgan fingerprint density at radius 1 is 1.03 bits per heavy atom. The van der Waals surface area contributed by atoms with Crippen LogP contribution in [0.15, 0.2) is 42.5 Å². The normalized spacial score (nSPS) is 13.1. The van der Waals surface area contributed by atoms with Crippen molar-refractivity contribution in [3.05, 3.63) is 63.1 Å². The average Bonchev–Trinajstić information content (AvgIpc) is 2.76. The Morgan fingerprint density at radius 3 is 2.24 bits per heavy atom. The number of carbonyl (C=O) groups excluding carboxylic acids is 2. The van der Waals surface area contributed by atoms with E-state index in [1.165, 1.54) is 23.1 Å². The third kappa shape index (κ3) is 7.50. The maximum atomic E-state index is 13.5. The van der Waals surface area contributed by atoms with E-state index in [-0.39, 0.29) is 29.2 Å². The smallest absolute Gasteiger partial charge is 0.244 e. The van der Waals surface area contributed by atoms with Gasteiger partial charge in [-0.25, -0.2) is 8.42 Å². The molecule has 0 aliphatic carbocycles. The van der Waals surface area contributed by atoms with Crippen molar-refractivity contribution in [2.24, 2.45) is 0 Å². The molecule has 0 saturated carbocycles. The summed E-state index contributed by atoms with van der Waals surface area (Å²) in [4.78, 5) is 27.7. The molecule has 0 aromatic heterocycles. The van der Waals surface area contributed by atoms with Gasteiger partial charge in [0.05, 0.1) is 17.0 Å². The summed E-state index contributed by atoms with van der Waals surface area (Å²) in [6.07, 6.45) is 1.69. The molecule has 0 unspecified atom stereocenters. The van der Waals surface area contributed by atoms with Gasteiger partial charge < -0.3 is 10.2 Å². The van der Waals surface area contributed by atoms with E-state index in [4.69, 9.17) is 34.8 Å². The molecule has 0 spiro atoms. The van der Waals surface area contributed by atoms with Crippen LogP contribution >= 0.6 is 34.8 Å². The highest BCUT2D eigenvalue weighted by Gasteiger charge is 2.31. The molecule has 2 rings (SSSR count). The Hall–Kier alpha value is -2.00. The standard InChI is InChI=1S/C23H28Cl3N3O4S/c1-5-15(2)27-23(31)16(3)28(13-17-8-6-7-9-19(17)25)22(30)14-29(34(4,32)33)21-11-10-18(24)12-20(21)26/h6-12,15-16H,5,13-14H2,1-4H3,(H,27,31)/t15-,16+/m1/s1. The van der Waals surface area contributed by atoms with Gasteiger partial charge in [0, 0.05) is 22.6 Å². The number of hydrogen-bond acceptors (Lipinski definition) is 4. The third-order valence-electron chi connectivity index (χ3n) is 5.32. The molecule has 2 atom stereocenters. The first-order valence-electron chi connectivity index (χ1n) is 10.6. The number of nitrogens with zero attached hydrogens (tertiary/aromatic N) is 2. The van der Waals surface area contributed by atoms with Crippen LogP contribution in [0.4, 0.5) is 5.69 Å². The van der Waals surface area contributed by atoms with Gasteiger partial charge in [0.15, 0.2) is 0 Å². The molecule has 11 heteroatoms. The zero-order valence-corrected chi connectivity index (χ0v) is 22.5. The van der Waals surface area contributed by atoms with Gasteiger partial charge in [0.1, 0.15) is 12.6 Å². The Kier molecular flexibility index (Phi) is 10.1. The fourth-order valence-corrected chi connectivity index (χ4v) is 4.75. The summed E-state index contributed by atoms with van der Waals surface area (Å²) in [6.45, 7) is 4.83. The van der Waals surface area contributed by atoms with Crippen LogP contribution in [-0.2, 0) is 26.2 Å². The molecule has 0 fully saturated rings. The van der Waals surface area contributed by atoms with Crippen LogP contribution in [0.5, 0.6) is 0 Å². The number of carbonyl (C=O) groups is 2. The highest BCUT2D eigenvalue weighted by Crippen LogP contribution is 2.30. The molecule has 2 aromatic rings. The van der Waals surface area contributed by atoms with E-state index in [1.807, 2.05) is 13.8 Å². The minimum absolute atomic E-state index is 0.0134. The zero-order chi connectivity index (χ0) is 25.6.